The van der Waals surface area contributed by atoms with E-state index in [0.717, 1.165) is 0 Å². The fourth-order valence-corrected chi connectivity index (χ4v) is 9.28. The topological polar surface area (TPSA) is 95.3 Å². The average molecular weight is 562 g/mol. The number of likely N-dealkylation sites (N-methyl/N-ethyl adjacent to an activating group) is 1. The second-order valence-electron chi connectivity index (χ2n) is 7.15. The van der Waals surface area contributed by atoms with Crippen LogP contribution in [0.2, 0.25) is 0 Å². The van der Waals surface area contributed by atoms with Crippen LogP contribution in [0.15, 0.2) is 18.3 Å². The monoisotopic (exact) mass is 562 g/mol. The van der Waals surface area contributed by atoms with Gasteiger partial charge in [-0.05, 0) is 25.5 Å². The lowest BCUT2D eigenvalue weighted by Crippen LogP contribution is -2.57. The Morgan fingerprint density at radius 3 is 2.69 bits per heavy atom. The molecule has 2 fully saturated rings. The number of ether oxygens (including phenoxy) is 1. The molecule has 0 saturated carbocycles. The van der Waals surface area contributed by atoms with Gasteiger partial charge in [-0.15, -0.1) is 0 Å². The van der Waals surface area contributed by atoms with Gasteiger partial charge in [0, 0.05) is 25.7 Å². The van der Waals surface area contributed by atoms with E-state index in [-0.39, 0.29) is 18.2 Å². The number of nitriles is 1. The summed E-state index contributed by atoms with van der Waals surface area (Å²) in [5, 5.41) is 12.8. The summed E-state index contributed by atoms with van der Waals surface area (Å²) in [7, 11) is 3.04. The number of hydrogen-bond donors (Lipinski definition) is 1. The van der Waals surface area contributed by atoms with Gasteiger partial charge in [0.2, 0.25) is 5.88 Å². The highest BCUT2D eigenvalue weighted by Gasteiger charge is 2.67. The first-order valence-electron chi connectivity index (χ1n) is 8.62. The zero-order valence-corrected chi connectivity index (χ0v) is 20.8. The van der Waals surface area contributed by atoms with Gasteiger partial charge in [0.05, 0.1) is 24.6 Å². The van der Waals surface area contributed by atoms with E-state index in [4.69, 9.17) is 17.0 Å². The largest absolute Gasteiger partial charge is 0.481 e. The minimum Gasteiger partial charge on any atom is -0.481 e. The van der Waals surface area contributed by atoms with Crippen LogP contribution in [0.4, 0.5) is 0 Å². The first kappa shape index (κ1) is 22.6. The number of rotatable bonds is 3. The Bertz CT molecular complexity index is 920. The Labute approximate surface area is 196 Å². The van der Waals surface area contributed by atoms with Crippen LogP contribution in [-0.4, -0.2) is 47.0 Å². The normalized spacial score (nSPS) is 34.2. The van der Waals surface area contributed by atoms with E-state index in [0.29, 0.717) is 15.0 Å². The maximum Gasteiger partial charge on any atom is 0.256 e. The van der Waals surface area contributed by atoms with Gasteiger partial charge in [-0.1, -0.05) is 58.3 Å². The van der Waals surface area contributed by atoms with Crippen LogP contribution in [0.25, 0.3) is 0 Å². The second kappa shape index (κ2) is 7.86. The van der Waals surface area contributed by atoms with Gasteiger partial charge < -0.3 is 15.0 Å². The third-order valence-electron chi connectivity index (χ3n) is 5.11. The Kier molecular flexibility index (Phi) is 6.12. The lowest BCUT2D eigenvalue weighted by molar-refractivity contribution is -0.142. The summed E-state index contributed by atoms with van der Waals surface area (Å²) < 4.78 is 4.72. The summed E-state index contributed by atoms with van der Waals surface area (Å²) in [6.45, 7) is 3.55. The number of methoxy groups -OCH3 is 1. The maximum absolute atomic E-state index is 13.7. The molecule has 1 aromatic heterocycles. The predicted molar refractivity (Wildman–Crippen MR) is 126 cm³/mol. The number of fused-ring (bicyclic) bond motifs is 1. The Balaban J connectivity index is 2.28. The van der Waals surface area contributed by atoms with Crippen LogP contribution in [0, 0.1) is 16.7 Å². The van der Waals surface area contributed by atoms with Gasteiger partial charge in [0.15, 0.2) is 4.87 Å². The summed E-state index contributed by atoms with van der Waals surface area (Å²) in [6.07, 6.45) is 1.74. The second-order valence-corrected chi connectivity index (χ2v) is 13.9. The molecule has 2 unspecified atom stereocenters. The zero-order chi connectivity index (χ0) is 21.6. The maximum atomic E-state index is 13.7. The minimum absolute atomic E-state index is 0.149. The molecule has 0 radical (unpaired) electrons. The summed E-state index contributed by atoms with van der Waals surface area (Å²) in [6, 6.07) is 5.16. The fraction of sp³-hybridized carbons (Fsp3) is 0.500. The molecule has 2 aliphatic heterocycles. The molecular weight excluding hydrogens is 543 g/mol. The van der Waals surface area contributed by atoms with Crippen molar-refractivity contribution in [2.45, 2.75) is 33.9 Å². The molecule has 3 heterocycles. The molecule has 2 amide bonds. The number of halogens is 1. The van der Waals surface area contributed by atoms with Crippen molar-refractivity contribution in [2.24, 2.45) is 5.41 Å². The molecule has 11 heteroatoms. The number of pyridine rings is 1. The third-order valence-corrected chi connectivity index (χ3v) is 8.98. The van der Waals surface area contributed by atoms with E-state index in [1.54, 1.807) is 37.1 Å². The van der Waals surface area contributed by atoms with Crippen molar-refractivity contribution in [2.75, 3.05) is 14.2 Å². The lowest BCUT2D eigenvalue weighted by Gasteiger charge is -2.39. The summed E-state index contributed by atoms with van der Waals surface area (Å²) in [5.41, 5.74) is -0.352. The highest BCUT2D eigenvalue weighted by atomic mass is 127. The SMILES string of the molecule is CNC(=O)C12C[C@](C)(C#N)C(c3ccc(OC)nc3)N1C(=O)[C@@](C)(I)SC(=S)S2. The first-order valence-corrected chi connectivity index (χ1v) is 11.7. The van der Waals surface area contributed by atoms with Crippen LogP contribution in [-0.2, 0) is 9.59 Å². The van der Waals surface area contributed by atoms with Crippen molar-refractivity contribution in [3.63, 3.8) is 0 Å². The molecule has 0 aliphatic carbocycles. The number of thiocarbonyl (C=S) groups is 1. The number of carbonyl (C=O) groups is 2. The summed E-state index contributed by atoms with van der Waals surface area (Å²) in [5.74, 6) is -0.174. The molecule has 2 aliphatic rings. The van der Waals surface area contributed by atoms with Crippen molar-refractivity contribution in [3.05, 3.63) is 23.9 Å². The highest BCUT2D eigenvalue weighted by molar-refractivity contribution is 14.1. The van der Waals surface area contributed by atoms with Crippen molar-refractivity contribution in [3.8, 4) is 11.9 Å². The minimum atomic E-state index is -1.31. The Hall–Kier alpha value is -1.10. The van der Waals surface area contributed by atoms with Crippen molar-refractivity contribution in [1.29, 1.82) is 5.26 Å². The smallest absolute Gasteiger partial charge is 0.256 e. The van der Waals surface area contributed by atoms with Crippen LogP contribution >= 0.6 is 58.3 Å². The van der Waals surface area contributed by atoms with Crippen molar-refractivity contribution >= 4 is 73.7 Å². The molecular formula is C18H19IN4O3S3. The summed E-state index contributed by atoms with van der Waals surface area (Å²) in [4.78, 5) is 31.4. The van der Waals surface area contributed by atoms with Gasteiger partial charge in [0.1, 0.15) is 6.28 Å². The van der Waals surface area contributed by atoms with E-state index in [1.165, 1.54) is 37.7 Å². The zero-order valence-electron chi connectivity index (χ0n) is 16.2. The van der Waals surface area contributed by atoms with Crippen molar-refractivity contribution < 1.29 is 14.3 Å². The Morgan fingerprint density at radius 1 is 1.48 bits per heavy atom. The van der Waals surface area contributed by atoms with E-state index in [1.807, 2.05) is 0 Å². The number of carbonyl (C=O) groups excluding carboxylic acids is 2. The molecule has 0 bridgehead atoms. The van der Waals surface area contributed by atoms with Gasteiger partial charge in [-0.3, -0.25) is 9.59 Å². The van der Waals surface area contributed by atoms with Crippen molar-refractivity contribution in [1.82, 2.24) is 15.2 Å². The van der Waals surface area contributed by atoms with Crippen LogP contribution in [0.5, 0.6) is 5.88 Å². The number of amides is 2. The molecule has 29 heavy (non-hydrogen) atoms. The molecule has 0 spiro atoms. The Morgan fingerprint density at radius 2 is 2.17 bits per heavy atom. The number of aromatic nitrogens is 1. The predicted octanol–water partition coefficient (Wildman–Crippen LogP) is 3.25. The number of nitrogens with zero attached hydrogens (tertiary/aromatic N) is 3. The highest BCUT2D eigenvalue weighted by Crippen LogP contribution is 2.62. The van der Waals surface area contributed by atoms with E-state index >= 15 is 0 Å². The first-order chi connectivity index (χ1) is 13.5. The van der Waals surface area contributed by atoms with Gasteiger partial charge in [0.25, 0.3) is 11.8 Å². The van der Waals surface area contributed by atoms with Gasteiger partial charge >= 0.3 is 0 Å². The number of alkyl halides is 1. The van der Waals surface area contributed by atoms with Crippen LogP contribution in [0.1, 0.15) is 31.9 Å². The summed E-state index contributed by atoms with van der Waals surface area (Å²) >= 11 is 10.0. The molecule has 3 rings (SSSR count). The van der Waals surface area contributed by atoms with Gasteiger partial charge in [-0.2, -0.15) is 5.26 Å². The average Bonchev–Trinajstić information content (AvgIpc) is 2.91. The van der Waals surface area contributed by atoms with E-state index < -0.39 is 19.1 Å². The molecule has 154 valence electrons. The quantitative estimate of drug-likeness (QED) is 0.341. The molecule has 0 aromatic carbocycles. The number of thioether (sulfide) groups is 2. The molecule has 7 nitrogen and oxygen atoms in total. The molecule has 1 N–H and O–H groups in total. The molecule has 2 saturated heterocycles. The number of nitrogens with one attached hydrogen (secondary N) is 1. The lowest BCUT2D eigenvalue weighted by atomic mass is 9.80. The third kappa shape index (κ3) is 3.62. The fourth-order valence-electron chi connectivity index (χ4n) is 3.84. The molecule has 4 atom stereocenters. The molecule has 1 aromatic rings. The van der Waals surface area contributed by atoms with Crippen LogP contribution < -0.4 is 10.1 Å². The standard InChI is InChI=1S/C18H19IN4O3S3/c1-16(9-20)8-18(13(24)21-3)23(14(25)17(2,19)28-15(27)29-18)12(16)10-5-6-11(26-4)22-7-10/h5-7,12H,8H2,1-4H3,(H,21,24)/t12?,16-,17+,18?/m1/s1. The van der Waals surface area contributed by atoms with Gasteiger partial charge in [-0.25, -0.2) is 4.98 Å². The number of hydrogen-bond acceptors (Lipinski definition) is 8. The van der Waals surface area contributed by atoms with E-state index in [9.17, 15) is 14.9 Å². The van der Waals surface area contributed by atoms with Crippen LogP contribution in [0.3, 0.4) is 0 Å². The van der Waals surface area contributed by atoms with E-state index in [2.05, 4.69) is 39.0 Å².